The first-order valence-electron chi connectivity index (χ1n) is 7.69. The first-order chi connectivity index (χ1) is 9.12. The molecule has 1 rings (SSSR count). The maximum atomic E-state index is 12.5. The quantitative estimate of drug-likeness (QED) is 0.744. The molecule has 3 nitrogen and oxygen atoms in total. The summed E-state index contributed by atoms with van der Waals surface area (Å²) in [4.78, 5) is 14.6. The molecule has 0 saturated carbocycles. The van der Waals surface area contributed by atoms with E-state index >= 15 is 0 Å². The fraction of sp³-hybridized carbons (Fsp3) is 0.933. The molecule has 1 aliphatic heterocycles. The van der Waals surface area contributed by atoms with E-state index in [9.17, 15) is 4.79 Å². The Morgan fingerprint density at radius 3 is 2.58 bits per heavy atom. The lowest BCUT2D eigenvalue weighted by atomic mass is 9.98. The third-order valence-electron chi connectivity index (χ3n) is 4.37. The van der Waals surface area contributed by atoms with Gasteiger partial charge in [0.25, 0.3) is 0 Å². The summed E-state index contributed by atoms with van der Waals surface area (Å²) >= 11 is 1.92. The van der Waals surface area contributed by atoms with Crippen LogP contribution in [0, 0.1) is 0 Å². The van der Waals surface area contributed by atoms with Gasteiger partial charge in [0.1, 0.15) is 0 Å². The number of hydrogen-bond donors (Lipinski definition) is 1. The van der Waals surface area contributed by atoms with Crippen LogP contribution in [0.5, 0.6) is 0 Å². The number of nitrogens with zero attached hydrogens (tertiary/aromatic N) is 1. The molecule has 1 saturated heterocycles. The maximum Gasteiger partial charge on any atom is 0.239 e. The summed E-state index contributed by atoms with van der Waals surface area (Å²) in [6.07, 6.45) is 7.64. The molecule has 0 bridgehead atoms. The molecule has 1 fully saturated rings. The Morgan fingerprint density at radius 2 is 2.05 bits per heavy atom. The van der Waals surface area contributed by atoms with Crippen LogP contribution in [0.3, 0.4) is 0 Å². The normalized spacial score (nSPS) is 20.9. The zero-order valence-electron chi connectivity index (χ0n) is 13.0. The summed E-state index contributed by atoms with van der Waals surface area (Å²) in [5.74, 6) is 0.319. The third kappa shape index (κ3) is 4.38. The minimum absolute atomic E-state index is 0.0574. The predicted molar refractivity (Wildman–Crippen MR) is 84.7 cm³/mol. The maximum absolute atomic E-state index is 12.5. The van der Waals surface area contributed by atoms with Crippen LogP contribution >= 0.6 is 11.8 Å². The van der Waals surface area contributed by atoms with Crippen molar-refractivity contribution in [2.24, 2.45) is 0 Å². The average Bonchev–Trinajstić information content (AvgIpc) is 2.45. The van der Waals surface area contributed by atoms with Crippen molar-refractivity contribution in [3.05, 3.63) is 0 Å². The standard InChI is InChI=1S/C15H30N2OS/c1-5-10-16-13-9-8-11-17(14(13)18)12-15(6-2,7-3)19-4/h13,16H,5-12H2,1-4H3. The lowest BCUT2D eigenvalue weighted by Gasteiger charge is -2.40. The Labute approximate surface area is 122 Å². The molecule has 19 heavy (non-hydrogen) atoms. The number of likely N-dealkylation sites (tertiary alicyclic amines) is 1. The summed E-state index contributed by atoms with van der Waals surface area (Å²) in [7, 11) is 0. The number of nitrogens with one attached hydrogen (secondary N) is 1. The molecule has 0 aliphatic carbocycles. The lowest BCUT2D eigenvalue weighted by molar-refractivity contribution is -0.136. The summed E-state index contributed by atoms with van der Waals surface area (Å²) in [6.45, 7) is 9.41. The molecule has 112 valence electrons. The zero-order chi connectivity index (χ0) is 14.3. The largest absolute Gasteiger partial charge is 0.340 e. The van der Waals surface area contributed by atoms with Crippen LogP contribution in [0.4, 0.5) is 0 Å². The van der Waals surface area contributed by atoms with E-state index in [0.29, 0.717) is 5.91 Å². The van der Waals surface area contributed by atoms with Gasteiger partial charge in [-0.05, 0) is 44.9 Å². The summed E-state index contributed by atoms with van der Waals surface area (Å²) < 4.78 is 0.238. The van der Waals surface area contributed by atoms with Crippen LogP contribution < -0.4 is 5.32 Å². The first kappa shape index (κ1) is 16.8. The van der Waals surface area contributed by atoms with E-state index in [1.165, 1.54) is 0 Å². The minimum atomic E-state index is 0.0574. The highest BCUT2D eigenvalue weighted by Crippen LogP contribution is 2.32. The molecule has 0 aromatic carbocycles. The van der Waals surface area contributed by atoms with E-state index in [1.54, 1.807) is 0 Å². The Hall–Kier alpha value is -0.220. The van der Waals surface area contributed by atoms with Gasteiger partial charge in [-0.1, -0.05) is 20.8 Å². The number of piperidine rings is 1. The van der Waals surface area contributed by atoms with E-state index in [4.69, 9.17) is 0 Å². The summed E-state index contributed by atoms with van der Waals surface area (Å²) in [5.41, 5.74) is 0. The Kier molecular flexibility index (Phi) is 7.22. The predicted octanol–water partition coefficient (Wildman–Crippen LogP) is 2.90. The highest BCUT2D eigenvalue weighted by Gasteiger charge is 2.34. The topological polar surface area (TPSA) is 32.3 Å². The molecule has 0 radical (unpaired) electrons. The second-order valence-electron chi connectivity index (χ2n) is 5.50. The van der Waals surface area contributed by atoms with Gasteiger partial charge in [0.05, 0.1) is 6.04 Å². The Bertz CT molecular complexity index is 271. The third-order valence-corrected chi connectivity index (χ3v) is 5.94. The molecular formula is C15H30N2OS. The monoisotopic (exact) mass is 286 g/mol. The fourth-order valence-electron chi connectivity index (χ4n) is 2.78. The molecule has 0 spiro atoms. The van der Waals surface area contributed by atoms with Crippen molar-refractivity contribution >= 4 is 17.7 Å². The second-order valence-corrected chi connectivity index (χ2v) is 6.78. The van der Waals surface area contributed by atoms with Crippen molar-refractivity contribution in [1.82, 2.24) is 10.2 Å². The first-order valence-corrected chi connectivity index (χ1v) is 8.92. The van der Waals surface area contributed by atoms with Gasteiger partial charge in [0, 0.05) is 17.8 Å². The Morgan fingerprint density at radius 1 is 1.37 bits per heavy atom. The molecule has 1 unspecified atom stereocenters. The summed E-state index contributed by atoms with van der Waals surface area (Å²) in [5, 5.41) is 3.39. The van der Waals surface area contributed by atoms with Crippen LogP contribution in [-0.4, -0.2) is 47.5 Å². The van der Waals surface area contributed by atoms with Crippen molar-refractivity contribution in [2.45, 2.75) is 63.7 Å². The number of carbonyl (C=O) groups is 1. The average molecular weight is 286 g/mol. The van der Waals surface area contributed by atoms with Crippen molar-refractivity contribution in [3.8, 4) is 0 Å². The van der Waals surface area contributed by atoms with E-state index in [0.717, 1.165) is 51.7 Å². The molecule has 1 atom stereocenters. The lowest BCUT2D eigenvalue weighted by Crippen LogP contribution is -2.54. The van der Waals surface area contributed by atoms with Gasteiger partial charge in [-0.15, -0.1) is 0 Å². The van der Waals surface area contributed by atoms with Crippen molar-refractivity contribution in [3.63, 3.8) is 0 Å². The highest BCUT2D eigenvalue weighted by molar-refractivity contribution is 8.00. The van der Waals surface area contributed by atoms with E-state index in [-0.39, 0.29) is 10.8 Å². The van der Waals surface area contributed by atoms with Crippen LogP contribution in [0.15, 0.2) is 0 Å². The SMILES string of the molecule is CCCNC1CCCN(CC(CC)(CC)SC)C1=O. The van der Waals surface area contributed by atoms with Gasteiger partial charge in [0.2, 0.25) is 5.91 Å². The van der Waals surface area contributed by atoms with Gasteiger partial charge < -0.3 is 10.2 Å². The highest BCUT2D eigenvalue weighted by atomic mass is 32.2. The van der Waals surface area contributed by atoms with Gasteiger partial charge in [0.15, 0.2) is 0 Å². The van der Waals surface area contributed by atoms with E-state index in [2.05, 4.69) is 37.2 Å². The molecule has 0 aromatic heterocycles. The number of carbonyl (C=O) groups excluding carboxylic acids is 1. The van der Waals surface area contributed by atoms with Gasteiger partial charge >= 0.3 is 0 Å². The van der Waals surface area contributed by atoms with E-state index in [1.807, 2.05) is 11.8 Å². The number of rotatable bonds is 8. The minimum Gasteiger partial charge on any atom is -0.340 e. The van der Waals surface area contributed by atoms with Crippen LogP contribution in [-0.2, 0) is 4.79 Å². The number of hydrogen-bond acceptors (Lipinski definition) is 3. The van der Waals surface area contributed by atoms with Gasteiger partial charge in [-0.2, -0.15) is 11.8 Å². The van der Waals surface area contributed by atoms with Crippen LogP contribution in [0.25, 0.3) is 0 Å². The molecule has 1 heterocycles. The number of amides is 1. The van der Waals surface area contributed by atoms with Gasteiger partial charge in [-0.3, -0.25) is 4.79 Å². The van der Waals surface area contributed by atoms with E-state index < -0.39 is 0 Å². The van der Waals surface area contributed by atoms with Crippen LogP contribution in [0.2, 0.25) is 0 Å². The van der Waals surface area contributed by atoms with Crippen LogP contribution in [0.1, 0.15) is 52.9 Å². The molecule has 1 N–H and O–H groups in total. The van der Waals surface area contributed by atoms with Crippen molar-refractivity contribution in [1.29, 1.82) is 0 Å². The zero-order valence-corrected chi connectivity index (χ0v) is 13.8. The van der Waals surface area contributed by atoms with Crippen molar-refractivity contribution in [2.75, 3.05) is 25.9 Å². The molecule has 4 heteroatoms. The summed E-state index contributed by atoms with van der Waals surface area (Å²) in [6, 6.07) is 0.0574. The molecular weight excluding hydrogens is 256 g/mol. The molecule has 0 aromatic rings. The molecule has 1 aliphatic rings. The van der Waals surface area contributed by atoms with Gasteiger partial charge in [-0.25, -0.2) is 0 Å². The molecule has 1 amide bonds. The fourth-order valence-corrected chi connectivity index (χ4v) is 3.64. The number of thioether (sulfide) groups is 1. The second kappa shape index (κ2) is 8.15. The smallest absolute Gasteiger partial charge is 0.239 e. The van der Waals surface area contributed by atoms with Crippen molar-refractivity contribution < 1.29 is 4.79 Å². The Balaban J connectivity index is 2.64.